The third-order valence-corrected chi connectivity index (χ3v) is 3.61. The van der Waals surface area contributed by atoms with Crippen LogP contribution >= 0.6 is 0 Å². The third-order valence-electron chi connectivity index (χ3n) is 3.61. The van der Waals surface area contributed by atoms with Crippen molar-refractivity contribution in [1.29, 1.82) is 0 Å². The monoisotopic (exact) mass is 236 g/mol. The zero-order chi connectivity index (χ0) is 12.3. The summed E-state index contributed by atoms with van der Waals surface area (Å²) in [5.41, 5.74) is 0. The van der Waals surface area contributed by atoms with E-state index in [2.05, 4.69) is 19.1 Å². The maximum atomic E-state index is 11.7. The average Bonchev–Trinajstić information content (AvgIpc) is 2.30. The number of rotatable bonds is 0. The lowest BCUT2D eigenvalue weighted by molar-refractivity contribution is -0.119. The van der Waals surface area contributed by atoms with Gasteiger partial charge < -0.3 is 0 Å². The van der Waals surface area contributed by atoms with Crippen LogP contribution < -0.4 is 0 Å². The van der Waals surface area contributed by atoms with Crippen molar-refractivity contribution >= 4 is 5.78 Å². The highest BCUT2D eigenvalue weighted by atomic mass is 16.1. The SMILES string of the molecule is C[C@H]1C/C=C/CCCCCCCCCC(=O)C1. The third kappa shape index (κ3) is 8.18. The quantitative estimate of drug-likeness (QED) is 0.538. The first-order valence-corrected chi connectivity index (χ1v) is 7.45. The molecule has 0 saturated carbocycles. The molecule has 1 rings (SSSR count). The molecule has 0 spiro atoms. The highest BCUT2D eigenvalue weighted by Crippen LogP contribution is 2.15. The van der Waals surface area contributed by atoms with Crippen LogP contribution in [0.1, 0.15) is 77.6 Å². The first kappa shape index (κ1) is 14.5. The van der Waals surface area contributed by atoms with Gasteiger partial charge >= 0.3 is 0 Å². The first-order chi connectivity index (χ1) is 8.29. The van der Waals surface area contributed by atoms with Gasteiger partial charge in [-0.25, -0.2) is 0 Å². The molecule has 98 valence electrons. The van der Waals surface area contributed by atoms with Crippen LogP contribution in [0.25, 0.3) is 0 Å². The van der Waals surface area contributed by atoms with Gasteiger partial charge in [0, 0.05) is 12.8 Å². The number of Topliss-reactive ketones (excluding diaryl/α,β-unsaturated/α-hetero) is 1. The van der Waals surface area contributed by atoms with Crippen molar-refractivity contribution in [2.75, 3.05) is 0 Å². The van der Waals surface area contributed by atoms with Crippen LogP contribution in [-0.2, 0) is 4.79 Å². The summed E-state index contributed by atoms with van der Waals surface area (Å²) < 4.78 is 0. The Morgan fingerprint density at radius 3 is 2.35 bits per heavy atom. The van der Waals surface area contributed by atoms with E-state index >= 15 is 0 Å². The number of allylic oxidation sites excluding steroid dienone is 2. The summed E-state index contributed by atoms with van der Waals surface area (Å²) in [6, 6.07) is 0. The lowest BCUT2D eigenvalue weighted by Crippen LogP contribution is -2.04. The van der Waals surface area contributed by atoms with Crippen molar-refractivity contribution in [2.45, 2.75) is 77.6 Å². The van der Waals surface area contributed by atoms with Crippen LogP contribution in [0.4, 0.5) is 0 Å². The summed E-state index contributed by atoms with van der Waals surface area (Å²) in [6.45, 7) is 2.19. The van der Waals surface area contributed by atoms with Crippen molar-refractivity contribution in [1.82, 2.24) is 0 Å². The molecule has 0 unspecified atom stereocenters. The fraction of sp³-hybridized carbons (Fsp3) is 0.812. The van der Waals surface area contributed by atoms with Crippen molar-refractivity contribution in [3.05, 3.63) is 12.2 Å². The predicted octanol–water partition coefficient (Wildman–Crippen LogP) is 5.05. The maximum absolute atomic E-state index is 11.7. The highest BCUT2D eigenvalue weighted by Gasteiger charge is 2.07. The highest BCUT2D eigenvalue weighted by molar-refractivity contribution is 5.78. The lowest BCUT2D eigenvalue weighted by atomic mass is 9.97. The lowest BCUT2D eigenvalue weighted by Gasteiger charge is -2.07. The number of carbonyl (C=O) groups excluding carboxylic acids is 1. The average molecular weight is 236 g/mol. The van der Waals surface area contributed by atoms with Gasteiger partial charge in [0.15, 0.2) is 0 Å². The summed E-state index contributed by atoms with van der Waals surface area (Å²) in [5, 5.41) is 0. The summed E-state index contributed by atoms with van der Waals surface area (Å²) in [7, 11) is 0. The van der Waals surface area contributed by atoms with Crippen LogP contribution in [0.15, 0.2) is 12.2 Å². The normalized spacial score (nSPS) is 28.1. The van der Waals surface area contributed by atoms with Gasteiger partial charge in [-0.3, -0.25) is 4.79 Å². The Bertz CT molecular complexity index is 230. The summed E-state index contributed by atoms with van der Waals surface area (Å²) in [4.78, 5) is 11.7. The predicted molar refractivity (Wildman–Crippen MR) is 74.1 cm³/mol. The second kappa shape index (κ2) is 9.44. The van der Waals surface area contributed by atoms with Crippen molar-refractivity contribution in [3.63, 3.8) is 0 Å². The van der Waals surface area contributed by atoms with Crippen molar-refractivity contribution in [3.8, 4) is 0 Å². The minimum atomic E-state index is 0.473. The van der Waals surface area contributed by atoms with Crippen LogP contribution in [0.3, 0.4) is 0 Å². The van der Waals surface area contributed by atoms with Crippen molar-refractivity contribution < 1.29 is 4.79 Å². The molecule has 0 aromatic rings. The van der Waals surface area contributed by atoms with E-state index in [9.17, 15) is 4.79 Å². The summed E-state index contributed by atoms with van der Waals surface area (Å²) in [6.07, 6.45) is 17.6. The second-order valence-electron chi connectivity index (χ2n) is 5.57. The number of ketones is 1. The van der Waals surface area contributed by atoms with E-state index in [1.165, 1.54) is 44.9 Å². The molecule has 17 heavy (non-hydrogen) atoms. The summed E-state index contributed by atoms with van der Waals surface area (Å²) >= 11 is 0. The van der Waals surface area contributed by atoms with E-state index < -0.39 is 0 Å². The zero-order valence-electron chi connectivity index (χ0n) is 11.4. The minimum Gasteiger partial charge on any atom is -0.300 e. The van der Waals surface area contributed by atoms with Gasteiger partial charge in [-0.15, -0.1) is 0 Å². The van der Waals surface area contributed by atoms with E-state index in [0.717, 1.165) is 25.7 Å². The molecule has 0 heterocycles. The Kier molecular flexibility index (Phi) is 8.04. The molecule has 0 aromatic heterocycles. The largest absolute Gasteiger partial charge is 0.300 e. The molecule has 0 fully saturated rings. The Labute approximate surface area is 107 Å². The molecular formula is C16H28O. The van der Waals surface area contributed by atoms with E-state index in [0.29, 0.717) is 11.7 Å². The van der Waals surface area contributed by atoms with Gasteiger partial charge in [0.05, 0.1) is 0 Å². The molecule has 0 aromatic carbocycles. The van der Waals surface area contributed by atoms with Gasteiger partial charge in [0.25, 0.3) is 0 Å². The second-order valence-corrected chi connectivity index (χ2v) is 5.57. The fourth-order valence-corrected chi connectivity index (χ4v) is 2.49. The van der Waals surface area contributed by atoms with Crippen molar-refractivity contribution in [2.24, 2.45) is 5.92 Å². The standard InChI is InChI=1S/C16H28O/c1-15-12-10-8-6-4-2-3-5-7-9-11-13-16(17)14-15/h8,10,15H,2-7,9,11-14H2,1H3/b10-8+/t15-/m0/s1. The molecular weight excluding hydrogens is 208 g/mol. The molecule has 1 aliphatic rings. The smallest absolute Gasteiger partial charge is 0.133 e. The Hall–Kier alpha value is -0.590. The van der Waals surface area contributed by atoms with Gasteiger partial charge in [-0.2, -0.15) is 0 Å². The Morgan fingerprint density at radius 1 is 0.941 bits per heavy atom. The Morgan fingerprint density at radius 2 is 1.59 bits per heavy atom. The molecule has 1 atom stereocenters. The van der Waals surface area contributed by atoms with E-state index in [1.807, 2.05) is 0 Å². The minimum absolute atomic E-state index is 0.473. The molecule has 1 aliphatic carbocycles. The number of hydrogen-bond donors (Lipinski definition) is 0. The molecule has 1 nitrogen and oxygen atoms in total. The molecule has 0 amide bonds. The van der Waals surface area contributed by atoms with Crippen LogP contribution in [0.5, 0.6) is 0 Å². The van der Waals surface area contributed by atoms with Crippen LogP contribution in [-0.4, -0.2) is 5.78 Å². The molecule has 0 aliphatic heterocycles. The Balaban J connectivity index is 2.31. The molecule has 0 radical (unpaired) electrons. The van der Waals surface area contributed by atoms with Gasteiger partial charge in [0.2, 0.25) is 0 Å². The molecule has 0 saturated heterocycles. The zero-order valence-corrected chi connectivity index (χ0v) is 11.4. The number of carbonyl (C=O) groups is 1. The van der Waals surface area contributed by atoms with E-state index in [-0.39, 0.29) is 0 Å². The first-order valence-electron chi connectivity index (χ1n) is 7.45. The number of hydrogen-bond acceptors (Lipinski definition) is 1. The van der Waals surface area contributed by atoms with Crippen LogP contribution in [0, 0.1) is 5.92 Å². The van der Waals surface area contributed by atoms with E-state index in [4.69, 9.17) is 0 Å². The fourth-order valence-electron chi connectivity index (χ4n) is 2.49. The van der Waals surface area contributed by atoms with Gasteiger partial charge in [-0.05, 0) is 31.6 Å². The van der Waals surface area contributed by atoms with Gasteiger partial charge in [-0.1, -0.05) is 51.2 Å². The van der Waals surface area contributed by atoms with Gasteiger partial charge in [0.1, 0.15) is 5.78 Å². The maximum Gasteiger partial charge on any atom is 0.133 e. The molecule has 1 heteroatoms. The topological polar surface area (TPSA) is 17.1 Å². The molecule has 0 bridgehead atoms. The molecule has 0 N–H and O–H groups in total. The van der Waals surface area contributed by atoms with Crippen LogP contribution in [0.2, 0.25) is 0 Å². The van der Waals surface area contributed by atoms with E-state index in [1.54, 1.807) is 0 Å². The summed E-state index contributed by atoms with van der Waals surface area (Å²) in [5.74, 6) is 1.00.